The van der Waals surface area contributed by atoms with Crippen LogP contribution in [0.5, 0.6) is 0 Å². The fourth-order valence-corrected chi connectivity index (χ4v) is 2.50. The van der Waals surface area contributed by atoms with Crippen molar-refractivity contribution in [1.29, 1.82) is 0 Å². The third-order valence-corrected chi connectivity index (χ3v) is 3.70. The van der Waals surface area contributed by atoms with Crippen LogP contribution in [0.2, 0.25) is 0 Å². The minimum Gasteiger partial charge on any atom is -0.350 e. The van der Waals surface area contributed by atoms with Gasteiger partial charge < -0.3 is 10.6 Å². The largest absolute Gasteiger partial charge is 0.350 e. The highest BCUT2D eigenvalue weighted by Gasteiger charge is 2.16. The third kappa shape index (κ3) is 3.46. The number of rotatable bonds is 4. The Kier molecular flexibility index (Phi) is 4.25. The van der Waals surface area contributed by atoms with Gasteiger partial charge in [-0.1, -0.05) is 23.4 Å². The Morgan fingerprint density at radius 1 is 1.38 bits per heavy atom. The molecule has 2 heterocycles. The van der Waals surface area contributed by atoms with Crippen LogP contribution < -0.4 is 10.6 Å². The molecule has 1 atom stereocenters. The van der Waals surface area contributed by atoms with E-state index in [1.165, 1.54) is 6.42 Å². The lowest BCUT2D eigenvalue weighted by Crippen LogP contribution is -2.38. The lowest BCUT2D eigenvalue weighted by molar-refractivity contribution is 0.0939. The summed E-state index contributed by atoms with van der Waals surface area (Å²) in [6.07, 6.45) is 3.98. The van der Waals surface area contributed by atoms with E-state index in [-0.39, 0.29) is 5.91 Å². The second-order valence-electron chi connectivity index (χ2n) is 5.31. The Labute approximate surface area is 123 Å². The molecule has 1 aromatic heterocycles. The number of para-hydroxylation sites is 1. The molecule has 0 spiro atoms. The van der Waals surface area contributed by atoms with Crippen LogP contribution >= 0.6 is 0 Å². The smallest absolute Gasteiger partial charge is 0.273 e. The van der Waals surface area contributed by atoms with Gasteiger partial charge >= 0.3 is 0 Å². The van der Waals surface area contributed by atoms with Crippen LogP contribution in [0.15, 0.2) is 36.5 Å². The topological polar surface area (TPSA) is 71.8 Å². The molecule has 1 fully saturated rings. The molecule has 2 aromatic rings. The molecule has 1 saturated heterocycles. The first-order valence-electron chi connectivity index (χ1n) is 7.29. The maximum atomic E-state index is 12.1. The Morgan fingerprint density at radius 2 is 2.24 bits per heavy atom. The molecule has 21 heavy (non-hydrogen) atoms. The van der Waals surface area contributed by atoms with E-state index in [1.54, 1.807) is 10.9 Å². The Morgan fingerprint density at radius 3 is 3.00 bits per heavy atom. The second-order valence-corrected chi connectivity index (χ2v) is 5.31. The number of benzene rings is 1. The van der Waals surface area contributed by atoms with Crippen molar-refractivity contribution < 1.29 is 4.79 Å². The number of amides is 1. The Hall–Kier alpha value is -2.21. The molecule has 0 aliphatic carbocycles. The van der Waals surface area contributed by atoms with Crippen molar-refractivity contribution in [2.75, 3.05) is 19.6 Å². The van der Waals surface area contributed by atoms with Gasteiger partial charge in [0.1, 0.15) is 0 Å². The van der Waals surface area contributed by atoms with E-state index in [0.29, 0.717) is 18.2 Å². The van der Waals surface area contributed by atoms with Crippen molar-refractivity contribution >= 4 is 5.91 Å². The summed E-state index contributed by atoms with van der Waals surface area (Å²) in [6.45, 7) is 2.73. The number of carbonyl (C=O) groups excluding carboxylic acids is 1. The molecular formula is C15H19N5O. The van der Waals surface area contributed by atoms with E-state index < -0.39 is 0 Å². The zero-order chi connectivity index (χ0) is 14.5. The third-order valence-electron chi connectivity index (χ3n) is 3.70. The molecule has 110 valence electrons. The lowest BCUT2D eigenvalue weighted by Gasteiger charge is -2.22. The van der Waals surface area contributed by atoms with Crippen molar-refractivity contribution in [2.24, 2.45) is 5.92 Å². The fraction of sp³-hybridized carbons (Fsp3) is 0.400. The first-order chi connectivity index (χ1) is 10.3. The van der Waals surface area contributed by atoms with E-state index >= 15 is 0 Å². The number of nitrogens with one attached hydrogen (secondary N) is 2. The van der Waals surface area contributed by atoms with Crippen molar-refractivity contribution in [3.05, 3.63) is 42.2 Å². The summed E-state index contributed by atoms with van der Waals surface area (Å²) in [7, 11) is 0. The molecule has 2 N–H and O–H groups in total. The average molecular weight is 285 g/mol. The van der Waals surface area contributed by atoms with Crippen molar-refractivity contribution in [3.8, 4) is 5.69 Å². The summed E-state index contributed by atoms with van der Waals surface area (Å²) in [5.74, 6) is 0.342. The van der Waals surface area contributed by atoms with Crippen LogP contribution in [0.25, 0.3) is 5.69 Å². The molecule has 3 rings (SSSR count). The van der Waals surface area contributed by atoms with Crippen molar-refractivity contribution in [2.45, 2.75) is 12.8 Å². The van der Waals surface area contributed by atoms with Gasteiger partial charge in [0.25, 0.3) is 5.91 Å². The molecule has 6 heteroatoms. The monoisotopic (exact) mass is 285 g/mol. The summed E-state index contributed by atoms with van der Waals surface area (Å²) in [6, 6.07) is 9.63. The van der Waals surface area contributed by atoms with E-state index in [0.717, 1.165) is 25.2 Å². The zero-order valence-corrected chi connectivity index (χ0v) is 11.8. The van der Waals surface area contributed by atoms with Crippen LogP contribution in [-0.2, 0) is 0 Å². The molecule has 1 amide bonds. The van der Waals surface area contributed by atoms with Gasteiger partial charge in [-0.05, 0) is 44.0 Å². The molecule has 1 aliphatic heterocycles. The average Bonchev–Trinajstić information content (AvgIpc) is 3.04. The lowest BCUT2D eigenvalue weighted by atomic mass is 10.00. The molecule has 0 saturated carbocycles. The summed E-state index contributed by atoms with van der Waals surface area (Å²) < 4.78 is 1.61. The number of hydrogen-bond acceptors (Lipinski definition) is 4. The van der Waals surface area contributed by atoms with Gasteiger partial charge in [-0.2, -0.15) is 0 Å². The van der Waals surface area contributed by atoms with Gasteiger partial charge in [0.2, 0.25) is 0 Å². The van der Waals surface area contributed by atoms with Gasteiger partial charge in [-0.15, -0.1) is 5.10 Å². The number of hydrogen-bond donors (Lipinski definition) is 2. The van der Waals surface area contributed by atoms with Crippen molar-refractivity contribution in [3.63, 3.8) is 0 Å². The van der Waals surface area contributed by atoms with Crippen LogP contribution in [-0.4, -0.2) is 40.5 Å². The molecule has 0 bridgehead atoms. The van der Waals surface area contributed by atoms with E-state index in [1.807, 2.05) is 30.3 Å². The van der Waals surface area contributed by atoms with E-state index in [9.17, 15) is 4.79 Å². The molecular weight excluding hydrogens is 266 g/mol. The second kappa shape index (κ2) is 6.49. The first-order valence-corrected chi connectivity index (χ1v) is 7.29. The number of piperidine rings is 1. The maximum Gasteiger partial charge on any atom is 0.273 e. The highest BCUT2D eigenvalue weighted by atomic mass is 16.2. The van der Waals surface area contributed by atoms with Gasteiger partial charge in [0.15, 0.2) is 5.69 Å². The summed E-state index contributed by atoms with van der Waals surface area (Å²) >= 11 is 0. The van der Waals surface area contributed by atoms with Crippen LogP contribution in [0.3, 0.4) is 0 Å². The van der Waals surface area contributed by atoms with Crippen LogP contribution in [0.4, 0.5) is 0 Å². The van der Waals surface area contributed by atoms with E-state index in [2.05, 4.69) is 20.9 Å². The summed E-state index contributed by atoms with van der Waals surface area (Å²) in [5, 5.41) is 14.2. The van der Waals surface area contributed by atoms with E-state index in [4.69, 9.17) is 0 Å². The SMILES string of the molecule is O=C(NCC1CCCNC1)c1cn(-c2ccccc2)nn1. The normalized spacial score (nSPS) is 18.4. The summed E-state index contributed by atoms with van der Waals surface area (Å²) in [5.41, 5.74) is 1.24. The first kappa shape index (κ1) is 13.8. The molecule has 1 unspecified atom stereocenters. The zero-order valence-electron chi connectivity index (χ0n) is 11.8. The van der Waals surface area contributed by atoms with Gasteiger partial charge in [0.05, 0.1) is 11.9 Å². The minimum atomic E-state index is -0.164. The number of aromatic nitrogens is 3. The Balaban J connectivity index is 1.59. The van der Waals surface area contributed by atoms with Gasteiger partial charge in [-0.25, -0.2) is 4.68 Å². The highest BCUT2D eigenvalue weighted by molar-refractivity contribution is 5.91. The molecule has 1 aliphatic rings. The predicted molar refractivity (Wildman–Crippen MR) is 79.3 cm³/mol. The fourth-order valence-electron chi connectivity index (χ4n) is 2.50. The van der Waals surface area contributed by atoms with Crippen LogP contribution in [0.1, 0.15) is 23.3 Å². The molecule has 6 nitrogen and oxygen atoms in total. The van der Waals surface area contributed by atoms with Crippen molar-refractivity contribution in [1.82, 2.24) is 25.6 Å². The summed E-state index contributed by atoms with van der Waals surface area (Å²) in [4.78, 5) is 12.1. The Bertz CT molecular complexity index is 589. The molecule has 0 radical (unpaired) electrons. The van der Waals surface area contributed by atoms with Gasteiger partial charge in [0, 0.05) is 6.54 Å². The predicted octanol–water partition coefficient (Wildman–Crippen LogP) is 0.997. The quantitative estimate of drug-likeness (QED) is 0.879. The number of carbonyl (C=O) groups is 1. The molecule has 1 aromatic carbocycles. The maximum absolute atomic E-state index is 12.1. The standard InChI is InChI=1S/C15H19N5O/c21-15(17-10-12-5-4-8-16-9-12)14-11-20(19-18-14)13-6-2-1-3-7-13/h1-3,6-7,11-12,16H,4-5,8-10H2,(H,17,21). The highest BCUT2D eigenvalue weighted by Crippen LogP contribution is 2.09. The number of nitrogens with zero attached hydrogens (tertiary/aromatic N) is 3. The van der Waals surface area contributed by atoms with Crippen LogP contribution in [0, 0.1) is 5.92 Å². The minimum absolute atomic E-state index is 0.164. The van der Waals surface area contributed by atoms with Gasteiger partial charge in [-0.3, -0.25) is 4.79 Å².